The van der Waals surface area contributed by atoms with Crippen LogP contribution in [0.3, 0.4) is 0 Å². The minimum atomic E-state index is -3.80. The van der Waals surface area contributed by atoms with Crippen LogP contribution in [0.15, 0.2) is 42.5 Å². The van der Waals surface area contributed by atoms with Crippen molar-refractivity contribution >= 4 is 56.2 Å². The van der Waals surface area contributed by atoms with Crippen LogP contribution in [0.2, 0.25) is 10.0 Å². The number of anilines is 3. The number of ether oxygens (including phenoxy) is 1. The van der Waals surface area contributed by atoms with Gasteiger partial charge < -0.3 is 15.0 Å². The van der Waals surface area contributed by atoms with Crippen LogP contribution in [-0.2, 0) is 19.6 Å². The molecule has 1 fully saturated rings. The van der Waals surface area contributed by atoms with E-state index in [2.05, 4.69) is 10.2 Å². The van der Waals surface area contributed by atoms with Gasteiger partial charge in [-0.05, 0) is 49.4 Å². The first-order chi connectivity index (χ1) is 14.2. The average molecular weight is 472 g/mol. The molecular formula is C20H23Cl2N3O4S. The van der Waals surface area contributed by atoms with Gasteiger partial charge in [-0.1, -0.05) is 23.2 Å². The Bertz CT molecular complexity index is 1010. The van der Waals surface area contributed by atoms with Gasteiger partial charge in [-0.15, -0.1) is 0 Å². The number of hydrogen-bond acceptors (Lipinski definition) is 5. The number of rotatable bonds is 6. The zero-order valence-electron chi connectivity index (χ0n) is 16.6. The third-order valence-electron chi connectivity index (χ3n) is 4.75. The van der Waals surface area contributed by atoms with E-state index < -0.39 is 22.0 Å². The van der Waals surface area contributed by atoms with Crippen LogP contribution in [-0.4, -0.2) is 52.9 Å². The molecular weight excluding hydrogens is 449 g/mol. The Balaban J connectivity index is 1.78. The minimum Gasteiger partial charge on any atom is -0.378 e. The highest BCUT2D eigenvalue weighted by atomic mass is 35.5. The first kappa shape index (κ1) is 22.7. The standard InChI is InChI=1S/C20H23Cl2N3O4S/c1-14(25(30(2,27)28)19-13-15(21)3-8-18(19)22)20(26)23-16-4-6-17(7-5-16)24-9-11-29-12-10-24/h3-8,13-14H,9-12H2,1-2H3,(H,23,26). The lowest BCUT2D eigenvalue weighted by atomic mass is 10.2. The van der Waals surface area contributed by atoms with Crippen LogP contribution in [0.25, 0.3) is 0 Å². The Hall–Kier alpha value is -2.00. The molecule has 1 saturated heterocycles. The smallest absolute Gasteiger partial charge is 0.247 e. The van der Waals surface area contributed by atoms with Crippen molar-refractivity contribution in [2.45, 2.75) is 13.0 Å². The molecule has 1 N–H and O–H groups in total. The maximum atomic E-state index is 12.8. The van der Waals surface area contributed by atoms with E-state index in [1.54, 1.807) is 18.2 Å². The van der Waals surface area contributed by atoms with E-state index in [1.165, 1.54) is 19.1 Å². The molecule has 2 aromatic rings. The lowest BCUT2D eigenvalue weighted by molar-refractivity contribution is -0.116. The summed E-state index contributed by atoms with van der Waals surface area (Å²) >= 11 is 12.2. The summed E-state index contributed by atoms with van der Waals surface area (Å²) in [6, 6.07) is 10.8. The third-order valence-corrected chi connectivity index (χ3v) is 6.53. The monoisotopic (exact) mass is 471 g/mol. The molecule has 1 aliphatic heterocycles. The maximum Gasteiger partial charge on any atom is 0.247 e. The summed E-state index contributed by atoms with van der Waals surface area (Å²) in [5.41, 5.74) is 1.75. The summed E-state index contributed by atoms with van der Waals surface area (Å²) < 4.78 is 31.2. The van der Waals surface area contributed by atoms with Crippen molar-refractivity contribution in [3.63, 3.8) is 0 Å². The number of halogens is 2. The topological polar surface area (TPSA) is 79.0 Å². The molecule has 0 aliphatic carbocycles. The van der Waals surface area contributed by atoms with Gasteiger partial charge in [0, 0.05) is 29.5 Å². The number of hydrogen-bond donors (Lipinski definition) is 1. The van der Waals surface area contributed by atoms with Gasteiger partial charge in [-0.25, -0.2) is 8.42 Å². The van der Waals surface area contributed by atoms with Crippen molar-refractivity contribution < 1.29 is 17.9 Å². The number of sulfonamides is 1. The van der Waals surface area contributed by atoms with Gasteiger partial charge in [0.05, 0.1) is 30.2 Å². The molecule has 1 heterocycles. The molecule has 3 rings (SSSR count). The molecule has 0 aromatic heterocycles. The van der Waals surface area contributed by atoms with Crippen molar-refractivity contribution in [3.05, 3.63) is 52.5 Å². The first-order valence-corrected chi connectivity index (χ1v) is 12.0. The lowest BCUT2D eigenvalue weighted by Crippen LogP contribution is -2.45. The molecule has 1 aliphatic rings. The van der Waals surface area contributed by atoms with Crippen LogP contribution in [0.1, 0.15) is 6.92 Å². The fourth-order valence-electron chi connectivity index (χ4n) is 3.26. The largest absolute Gasteiger partial charge is 0.378 e. The third kappa shape index (κ3) is 5.37. The molecule has 2 aromatic carbocycles. The van der Waals surface area contributed by atoms with E-state index in [9.17, 15) is 13.2 Å². The van der Waals surface area contributed by atoms with Crippen molar-refractivity contribution in [1.29, 1.82) is 0 Å². The van der Waals surface area contributed by atoms with Gasteiger partial charge in [0.15, 0.2) is 0 Å². The van der Waals surface area contributed by atoms with E-state index >= 15 is 0 Å². The van der Waals surface area contributed by atoms with Gasteiger partial charge in [0.25, 0.3) is 0 Å². The Kier molecular flexibility index (Phi) is 7.13. The predicted octanol–water partition coefficient (Wildman–Crippen LogP) is 3.62. The van der Waals surface area contributed by atoms with Crippen molar-refractivity contribution in [1.82, 2.24) is 0 Å². The zero-order chi connectivity index (χ0) is 21.9. The predicted molar refractivity (Wildman–Crippen MR) is 121 cm³/mol. The van der Waals surface area contributed by atoms with E-state index in [-0.39, 0.29) is 10.7 Å². The zero-order valence-corrected chi connectivity index (χ0v) is 19.0. The number of benzene rings is 2. The molecule has 30 heavy (non-hydrogen) atoms. The average Bonchev–Trinajstić information content (AvgIpc) is 2.71. The summed E-state index contributed by atoms with van der Waals surface area (Å²) in [7, 11) is -3.80. The second kappa shape index (κ2) is 9.43. The number of nitrogens with zero attached hydrogens (tertiary/aromatic N) is 2. The number of morpholine rings is 1. The highest BCUT2D eigenvalue weighted by Crippen LogP contribution is 2.32. The Labute approximate surface area is 186 Å². The van der Waals surface area contributed by atoms with Crippen molar-refractivity contribution in [3.8, 4) is 0 Å². The molecule has 0 radical (unpaired) electrons. The second-order valence-electron chi connectivity index (χ2n) is 6.97. The van der Waals surface area contributed by atoms with Crippen LogP contribution < -0.4 is 14.5 Å². The first-order valence-electron chi connectivity index (χ1n) is 9.35. The Morgan fingerprint density at radius 1 is 1.13 bits per heavy atom. The lowest BCUT2D eigenvalue weighted by Gasteiger charge is -2.30. The van der Waals surface area contributed by atoms with Crippen molar-refractivity contribution in [2.24, 2.45) is 0 Å². The van der Waals surface area contributed by atoms with E-state index in [4.69, 9.17) is 27.9 Å². The fraction of sp³-hybridized carbons (Fsp3) is 0.350. The minimum absolute atomic E-state index is 0.150. The SMILES string of the molecule is CC(C(=O)Nc1ccc(N2CCOCC2)cc1)N(c1cc(Cl)ccc1Cl)S(C)(=O)=O. The van der Waals surface area contributed by atoms with E-state index in [1.807, 2.05) is 12.1 Å². The van der Waals surface area contributed by atoms with Crippen LogP contribution in [0.5, 0.6) is 0 Å². The van der Waals surface area contributed by atoms with Gasteiger partial charge in [0.2, 0.25) is 15.9 Å². The normalized spacial score (nSPS) is 15.5. The summed E-state index contributed by atoms with van der Waals surface area (Å²) in [6.45, 7) is 4.49. The van der Waals surface area contributed by atoms with Gasteiger partial charge in [0.1, 0.15) is 6.04 Å². The molecule has 162 valence electrons. The van der Waals surface area contributed by atoms with Gasteiger partial charge in [-0.3, -0.25) is 9.10 Å². The summed E-state index contributed by atoms with van der Waals surface area (Å²) in [4.78, 5) is 15.0. The Morgan fingerprint density at radius 2 is 1.77 bits per heavy atom. The highest BCUT2D eigenvalue weighted by Gasteiger charge is 2.31. The molecule has 0 saturated carbocycles. The van der Waals surface area contributed by atoms with E-state index in [0.29, 0.717) is 23.9 Å². The van der Waals surface area contributed by atoms with E-state index in [0.717, 1.165) is 29.3 Å². The van der Waals surface area contributed by atoms with Gasteiger partial charge in [-0.2, -0.15) is 0 Å². The number of nitrogens with one attached hydrogen (secondary N) is 1. The fourth-order valence-corrected chi connectivity index (χ4v) is 4.86. The molecule has 1 atom stereocenters. The molecule has 0 bridgehead atoms. The molecule has 7 nitrogen and oxygen atoms in total. The number of carbonyl (C=O) groups is 1. The number of amides is 1. The van der Waals surface area contributed by atoms with Crippen LogP contribution in [0, 0.1) is 0 Å². The van der Waals surface area contributed by atoms with Crippen LogP contribution >= 0.6 is 23.2 Å². The van der Waals surface area contributed by atoms with Crippen LogP contribution in [0.4, 0.5) is 17.1 Å². The number of carbonyl (C=O) groups excluding carboxylic acids is 1. The summed E-state index contributed by atoms with van der Waals surface area (Å²) in [5, 5.41) is 3.26. The highest BCUT2D eigenvalue weighted by molar-refractivity contribution is 7.92. The maximum absolute atomic E-state index is 12.8. The van der Waals surface area contributed by atoms with Gasteiger partial charge >= 0.3 is 0 Å². The summed E-state index contributed by atoms with van der Waals surface area (Å²) in [6.07, 6.45) is 1.02. The summed E-state index contributed by atoms with van der Waals surface area (Å²) in [5.74, 6) is -0.490. The molecule has 10 heteroatoms. The molecule has 1 amide bonds. The Morgan fingerprint density at radius 3 is 2.37 bits per heavy atom. The molecule has 1 unspecified atom stereocenters. The van der Waals surface area contributed by atoms with Crippen molar-refractivity contribution in [2.75, 3.05) is 47.1 Å². The second-order valence-corrected chi connectivity index (χ2v) is 9.67. The quantitative estimate of drug-likeness (QED) is 0.695. The molecule has 0 spiro atoms.